The lowest BCUT2D eigenvalue weighted by atomic mass is 9.72. The minimum Gasteiger partial charge on any atom is -0.0683 e. The molecule has 2 unspecified atom stereocenters. The Balaban J connectivity index is 0.000000791. The van der Waals surface area contributed by atoms with E-state index < -0.39 is 0 Å². The Bertz CT molecular complexity index is 110. The largest absolute Gasteiger partial charge is 0.0683 e. The molecular formula is C14H30. The van der Waals surface area contributed by atoms with Gasteiger partial charge in [0.05, 0.1) is 0 Å². The van der Waals surface area contributed by atoms with Crippen LogP contribution in [0.4, 0.5) is 0 Å². The van der Waals surface area contributed by atoms with E-state index >= 15 is 0 Å². The zero-order valence-corrected chi connectivity index (χ0v) is 11.1. The molecule has 0 aromatic carbocycles. The normalized spacial score (nSPS) is 27.4. The Morgan fingerprint density at radius 3 is 1.43 bits per heavy atom. The van der Waals surface area contributed by atoms with E-state index in [1.165, 1.54) is 25.7 Å². The van der Waals surface area contributed by atoms with Gasteiger partial charge in [0.1, 0.15) is 0 Å². The summed E-state index contributed by atoms with van der Waals surface area (Å²) in [7, 11) is 0. The average Bonchev–Trinajstić information content (AvgIpc) is 2.21. The van der Waals surface area contributed by atoms with E-state index in [4.69, 9.17) is 0 Å². The minimum atomic E-state index is 0.909. The molecule has 86 valence electrons. The second-order valence-electron chi connectivity index (χ2n) is 5.17. The van der Waals surface area contributed by atoms with Gasteiger partial charge in [0, 0.05) is 0 Å². The zero-order chi connectivity index (χ0) is 11.1. The molecule has 0 saturated heterocycles. The Morgan fingerprint density at radius 2 is 1.14 bits per heavy atom. The summed E-state index contributed by atoms with van der Waals surface area (Å²) in [4.78, 5) is 0. The summed E-state index contributed by atoms with van der Waals surface area (Å²) in [6.45, 7) is 13.5. The van der Waals surface area contributed by atoms with E-state index in [2.05, 4.69) is 27.7 Å². The molecule has 0 aliphatic heterocycles. The molecule has 14 heavy (non-hydrogen) atoms. The smallest absolute Gasteiger partial charge is 0.0388 e. The Hall–Kier alpha value is 0. The van der Waals surface area contributed by atoms with Gasteiger partial charge in [-0.25, -0.2) is 0 Å². The molecule has 1 saturated carbocycles. The zero-order valence-electron chi connectivity index (χ0n) is 11.1. The first-order valence-electron chi connectivity index (χ1n) is 6.61. The summed E-state index contributed by atoms with van der Waals surface area (Å²) < 4.78 is 0. The number of hydrogen-bond donors (Lipinski definition) is 0. The van der Waals surface area contributed by atoms with Crippen molar-refractivity contribution >= 4 is 0 Å². The third-order valence-corrected chi connectivity index (χ3v) is 3.64. The monoisotopic (exact) mass is 198 g/mol. The van der Waals surface area contributed by atoms with Crippen molar-refractivity contribution in [2.45, 2.75) is 67.2 Å². The van der Waals surface area contributed by atoms with Gasteiger partial charge in [-0.15, -0.1) is 0 Å². The summed E-state index contributed by atoms with van der Waals surface area (Å²) in [5.41, 5.74) is 0. The molecule has 1 rings (SSSR count). The highest BCUT2D eigenvalue weighted by atomic mass is 14.3. The standard InChI is InChI=1S/C12H24.C2H6/c1-9(2)11-6-5-7-12(8-11)10(3)4;1-2/h9-12H,5-8H2,1-4H3;1-2H3. The first-order valence-corrected chi connectivity index (χ1v) is 6.61. The van der Waals surface area contributed by atoms with E-state index in [1.807, 2.05) is 13.8 Å². The molecule has 1 aliphatic rings. The molecule has 0 bridgehead atoms. The molecule has 0 amide bonds. The van der Waals surface area contributed by atoms with Crippen LogP contribution in [0, 0.1) is 23.7 Å². The van der Waals surface area contributed by atoms with Crippen molar-refractivity contribution in [2.75, 3.05) is 0 Å². The van der Waals surface area contributed by atoms with E-state index in [9.17, 15) is 0 Å². The number of hydrogen-bond acceptors (Lipinski definition) is 0. The second-order valence-corrected chi connectivity index (χ2v) is 5.17. The van der Waals surface area contributed by atoms with Gasteiger partial charge in [0.25, 0.3) is 0 Å². The van der Waals surface area contributed by atoms with Crippen LogP contribution >= 0.6 is 0 Å². The molecule has 0 radical (unpaired) electrons. The summed E-state index contributed by atoms with van der Waals surface area (Å²) in [5.74, 6) is 3.86. The Kier molecular flexibility index (Phi) is 7.31. The van der Waals surface area contributed by atoms with E-state index in [0.717, 1.165) is 23.7 Å². The predicted molar refractivity (Wildman–Crippen MR) is 66.5 cm³/mol. The molecule has 1 aliphatic carbocycles. The fraction of sp³-hybridized carbons (Fsp3) is 1.00. The molecule has 0 heteroatoms. The van der Waals surface area contributed by atoms with Crippen molar-refractivity contribution in [3.05, 3.63) is 0 Å². The quantitative estimate of drug-likeness (QED) is 0.577. The van der Waals surface area contributed by atoms with Gasteiger partial charge < -0.3 is 0 Å². The van der Waals surface area contributed by atoms with Crippen LogP contribution in [0.15, 0.2) is 0 Å². The fourth-order valence-corrected chi connectivity index (χ4v) is 2.48. The minimum absolute atomic E-state index is 0.909. The Labute approximate surface area is 91.5 Å². The van der Waals surface area contributed by atoms with Crippen LogP contribution in [0.25, 0.3) is 0 Å². The molecule has 0 heterocycles. The van der Waals surface area contributed by atoms with Crippen molar-refractivity contribution < 1.29 is 0 Å². The van der Waals surface area contributed by atoms with Crippen molar-refractivity contribution in [3.63, 3.8) is 0 Å². The molecule has 1 fully saturated rings. The van der Waals surface area contributed by atoms with Crippen LogP contribution in [0.5, 0.6) is 0 Å². The maximum Gasteiger partial charge on any atom is -0.0388 e. The van der Waals surface area contributed by atoms with Gasteiger partial charge in [0.15, 0.2) is 0 Å². The molecule has 0 N–H and O–H groups in total. The maximum atomic E-state index is 2.38. The molecular weight excluding hydrogens is 168 g/mol. The van der Waals surface area contributed by atoms with Crippen LogP contribution in [0.1, 0.15) is 67.2 Å². The molecule has 0 spiro atoms. The lowest BCUT2D eigenvalue weighted by Gasteiger charge is -2.33. The van der Waals surface area contributed by atoms with Gasteiger partial charge in [-0.1, -0.05) is 60.8 Å². The van der Waals surface area contributed by atoms with Crippen LogP contribution < -0.4 is 0 Å². The average molecular weight is 198 g/mol. The van der Waals surface area contributed by atoms with Crippen LogP contribution in [0.2, 0.25) is 0 Å². The summed E-state index contributed by atoms with van der Waals surface area (Å²) in [6.07, 6.45) is 5.95. The lowest BCUT2D eigenvalue weighted by Crippen LogP contribution is -2.22. The Morgan fingerprint density at radius 1 is 0.786 bits per heavy atom. The highest BCUT2D eigenvalue weighted by molar-refractivity contribution is 4.76. The fourth-order valence-electron chi connectivity index (χ4n) is 2.48. The van der Waals surface area contributed by atoms with E-state index in [-0.39, 0.29) is 0 Å². The number of rotatable bonds is 2. The van der Waals surface area contributed by atoms with Gasteiger partial charge in [-0.2, -0.15) is 0 Å². The first-order chi connectivity index (χ1) is 6.61. The summed E-state index contributed by atoms with van der Waals surface area (Å²) in [5, 5.41) is 0. The van der Waals surface area contributed by atoms with Gasteiger partial charge in [-0.05, 0) is 30.1 Å². The summed E-state index contributed by atoms with van der Waals surface area (Å²) >= 11 is 0. The van der Waals surface area contributed by atoms with Crippen molar-refractivity contribution in [3.8, 4) is 0 Å². The first kappa shape index (κ1) is 14.0. The lowest BCUT2D eigenvalue weighted by molar-refractivity contribution is 0.177. The SMILES string of the molecule is CC.CC(C)C1CCCC(C(C)C)C1. The molecule has 0 aromatic heterocycles. The topological polar surface area (TPSA) is 0 Å². The highest BCUT2D eigenvalue weighted by Gasteiger charge is 2.25. The van der Waals surface area contributed by atoms with Crippen molar-refractivity contribution in [1.82, 2.24) is 0 Å². The van der Waals surface area contributed by atoms with Gasteiger partial charge in [0.2, 0.25) is 0 Å². The maximum absolute atomic E-state index is 2.38. The third kappa shape index (κ3) is 4.48. The van der Waals surface area contributed by atoms with Crippen molar-refractivity contribution in [1.29, 1.82) is 0 Å². The molecule has 0 nitrogen and oxygen atoms in total. The second kappa shape index (κ2) is 7.31. The molecule has 0 aromatic rings. The summed E-state index contributed by atoms with van der Waals surface area (Å²) in [6, 6.07) is 0. The predicted octanol–water partition coefficient (Wildman–Crippen LogP) is 5.13. The van der Waals surface area contributed by atoms with Gasteiger partial charge >= 0.3 is 0 Å². The van der Waals surface area contributed by atoms with Crippen LogP contribution in [0.3, 0.4) is 0 Å². The van der Waals surface area contributed by atoms with E-state index in [0.29, 0.717) is 0 Å². The third-order valence-electron chi connectivity index (χ3n) is 3.64. The van der Waals surface area contributed by atoms with Crippen molar-refractivity contribution in [2.24, 2.45) is 23.7 Å². The van der Waals surface area contributed by atoms with Crippen LogP contribution in [-0.2, 0) is 0 Å². The van der Waals surface area contributed by atoms with E-state index in [1.54, 1.807) is 0 Å². The molecule has 2 atom stereocenters. The van der Waals surface area contributed by atoms with Crippen LogP contribution in [-0.4, -0.2) is 0 Å². The van der Waals surface area contributed by atoms with Gasteiger partial charge in [-0.3, -0.25) is 0 Å². The highest BCUT2D eigenvalue weighted by Crippen LogP contribution is 2.36.